The maximum atomic E-state index is 14.3. The fourth-order valence-electron chi connectivity index (χ4n) is 2.90. The minimum Gasteiger partial charge on any atom is -0.497 e. The van der Waals surface area contributed by atoms with Crippen LogP contribution in [0.1, 0.15) is 5.56 Å². The number of halogens is 1. The lowest BCUT2D eigenvalue weighted by Crippen LogP contribution is -2.24. The predicted octanol–water partition coefficient (Wildman–Crippen LogP) is 3.01. The second-order valence-electron chi connectivity index (χ2n) is 6.50. The van der Waals surface area contributed by atoms with Crippen molar-refractivity contribution in [2.24, 2.45) is 0 Å². The van der Waals surface area contributed by atoms with Crippen LogP contribution in [0.3, 0.4) is 0 Å². The molecule has 0 atom stereocenters. The largest absolute Gasteiger partial charge is 0.497 e. The third kappa shape index (κ3) is 4.92. The lowest BCUT2D eigenvalue weighted by Gasteiger charge is -2.09. The molecule has 2 aromatic heterocycles. The van der Waals surface area contributed by atoms with Crippen molar-refractivity contribution in [3.8, 4) is 17.1 Å². The first-order valence-corrected chi connectivity index (χ1v) is 10.3. The molecule has 8 nitrogen and oxygen atoms in total. The van der Waals surface area contributed by atoms with Crippen molar-refractivity contribution in [1.29, 1.82) is 0 Å². The molecule has 0 bridgehead atoms. The molecular formula is C21H19FN6O2S. The zero-order valence-electron chi connectivity index (χ0n) is 16.6. The van der Waals surface area contributed by atoms with E-state index < -0.39 is 0 Å². The number of nitrogens with zero attached hydrogens (tertiary/aromatic N) is 5. The standard InChI is InChI=1S/C21H19FN6O2S/c1-30-17-5-3-16(4-6-17)28-14-25-26-21(28)31-12-20(29)24-11-15-2-7-19(18(22)10-15)27-9-8-23-13-27/h2-10,13-14H,11-12H2,1H3,(H,24,29). The van der Waals surface area contributed by atoms with Gasteiger partial charge in [-0.3, -0.25) is 9.36 Å². The number of ether oxygens (including phenoxy) is 1. The molecule has 1 N–H and O–H groups in total. The van der Waals surface area contributed by atoms with Crippen molar-refractivity contribution in [3.05, 3.63) is 78.9 Å². The molecule has 4 rings (SSSR count). The second kappa shape index (κ2) is 9.43. The number of carbonyl (C=O) groups excluding carboxylic acids is 1. The van der Waals surface area contributed by atoms with Gasteiger partial charge in [-0.05, 0) is 42.0 Å². The van der Waals surface area contributed by atoms with Gasteiger partial charge in [-0.1, -0.05) is 17.8 Å². The SMILES string of the molecule is COc1ccc(-n2cnnc2SCC(=O)NCc2ccc(-n3ccnc3)c(F)c2)cc1. The highest BCUT2D eigenvalue weighted by molar-refractivity contribution is 7.99. The molecule has 0 fully saturated rings. The molecule has 0 aliphatic carbocycles. The topological polar surface area (TPSA) is 86.9 Å². The molecule has 2 heterocycles. The van der Waals surface area contributed by atoms with Gasteiger partial charge < -0.3 is 14.6 Å². The van der Waals surface area contributed by atoms with Gasteiger partial charge in [0.25, 0.3) is 0 Å². The molecule has 0 saturated heterocycles. The maximum Gasteiger partial charge on any atom is 0.230 e. The number of imidazole rings is 1. The van der Waals surface area contributed by atoms with Crippen LogP contribution in [0.4, 0.5) is 4.39 Å². The van der Waals surface area contributed by atoms with E-state index >= 15 is 0 Å². The molecule has 0 spiro atoms. The van der Waals surface area contributed by atoms with Gasteiger partial charge in [0.15, 0.2) is 5.16 Å². The lowest BCUT2D eigenvalue weighted by atomic mass is 10.2. The van der Waals surface area contributed by atoms with Crippen LogP contribution in [0.5, 0.6) is 5.75 Å². The Hall–Kier alpha value is -3.66. The van der Waals surface area contributed by atoms with Gasteiger partial charge in [-0.15, -0.1) is 10.2 Å². The fraction of sp³-hybridized carbons (Fsp3) is 0.143. The van der Waals surface area contributed by atoms with Crippen LogP contribution < -0.4 is 10.1 Å². The number of carbonyl (C=O) groups is 1. The molecule has 0 radical (unpaired) electrons. The van der Waals surface area contributed by atoms with Gasteiger partial charge in [0.2, 0.25) is 5.91 Å². The summed E-state index contributed by atoms with van der Waals surface area (Å²) in [4.78, 5) is 16.2. The van der Waals surface area contributed by atoms with E-state index in [2.05, 4.69) is 20.5 Å². The molecular weight excluding hydrogens is 419 g/mol. The van der Waals surface area contributed by atoms with Gasteiger partial charge >= 0.3 is 0 Å². The zero-order chi connectivity index (χ0) is 21.6. The summed E-state index contributed by atoms with van der Waals surface area (Å²) >= 11 is 1.27. The van der Waals surface area contributed by atoms with E-state index in [4.69, 9.17) is 4.74 Å². The van der Waals surface area contributed by atoms with Gasteiger partial charge in [0.05, 0.1) is 24.9 Å². The van der Waals surface area contributed by atoms with Gasteiger partial charge in [-0.25, -0.2) is 9.37 Å². The number of benzene rings is 2. The van der Waals surface area contributed by atoms with Crippen LogP contribution in [-0.4, -0.2) is 43.1 Å². The van der Waals surface area contributed by atoms with E-state index in [0.29, 0.717) is 16.4 Å². The Balaban J connectivity index is 1.32. The van der Waals surface area contributed by atoms with Crippen LogP contribution in [0.2, 0.25) is 0 Å². The minimum absolute atomic E-state index is 0.157. The van der Waals surface area contributed by atoms with Crippen molar-refractivity contribution in [2.75, 3.05) is 12.9 Å². The summed E-state index contributed by atoms with van der Waals surface area (Å²) < 4.78 is 22.9. The highest BCUT2D eigenvalue weighted by Gasteiger charge is 2.11. The third-order valence-electron chi connectivity index (χ3n) is 4.48. The quantitative estimate of drug-likeness (QED) is 0.426. The molecule has 31 heavy (non-hydrogen) atoms. The normalized spacial score (nSPS) is 10.8. The Morgan fingerprint density at radius 2 is 2.03 bits per heavy atom. The molecule has 0 saturated carbocycles. The van der Waals surface area contributed by atoms with Crippen LogP contribution in [-0.2, 0) is 11.3 Å². The van der Waals surface area contributed by atoms with E-state index in [1.54, 1.807) is 47.1 Å². The van der Waals surface area contributed by atoms with Crippen molar-refractivity contribution in [2.45, 2.75) is 11.7 Å². The van der Waals surface area contributed by atoms with Gasteiger partial charge in [-0.2, -0.15) is 0 Å². The van der Waals surface area contributed by atoms with E-state index in [-0.39, 0.29) is 24.0 Å². The summed E-state index contributed by atoms with van der Waals surface area (Å²) in [6.07, 6.45) is 6.37. The minimum atomic E-state index is -0.383. The van der Waals surface area contributed by atoms with E-state index in [0.717, 1.165) is 11.4 Å². The smallest absolute Gasteiger partial charge is 0.230 e. The Bertz CT molecular complexity index is 1160. The number of methoxy groups -OCH3 is 1. The number of nitrogens with one attached hydrogen (secondary N) is 1. The summed E-state index contributed by atoms with van der Waals surface area (Å²) in [7, 11) is 1.61. The molecule has 1 amide bonds. The fourth-order valence-corrected chi connectivity index (χ4v) is 3.65. The third-order valence-corrected chi connectivity index (χ3v) is 5.43. The summed E-state index contributed by atoms with van der Waals surface area (Å²) in [5.74, 6) is 0.338. The Kier molecular flexibility index (Phi) is 6.27. The number of hydrogen-bond acceptors (Lipinski definition) is 6. The number of hydrogen-bond donors (Lipinski definition) is 1. The Labute approximate surface area is 182 Å². The van der Waals surface area contributed by atoms with Gasteiger partial charge in [0, 0.05) is 24.6 Å². The van der Waals surface area contributed by atoms with Crippen molar-refractivity contribution in [1.82, 2.24) is 29.6 Å². The second-order valence-corrected chi connectivity index (χ2v) is 7.45. The zero-order valence-corrected chi connectivity index (χ0v) is 17.4. The van der Waals surface area contributed by atoms with Crippen LogP contribution >= 0.6 is 11.8 Å². The van der Waals surface area contributed by atoms with Crippen LogP contribution in [0.25, 0.3) is 11.4 Å². The first kappa shape index (κ1) is 20.6. The van der Waals surface area contributed by atoms with E-state index in [9.17, 15) is 9.18 Å². The molecule has 0 unspecified atom stereocenters. The highest BCUT2D eigenvalue weighted by Crippen LogP contribution is 2.21. The Morgan fingerprint density at radius 3 is 2.74 bits per heavy atom. The van der Waals surface area contributed by atoms with Crippen molar-refractivity contribution < 1.29 is 13.9 Å². The average molecular weight is 438 g/mol. The maximum absolute atomic E-state index is 14.3. The molecule has 4 aromatic rings. The molecule has 0 aliphatic rings. The number of thioether (sulfide) groups is 1. The highest BCUT2D eigenvalue weighted by atomic mass is 32.2. The summed E-state index contributed by atoms with van der Waals surface area (Å²) in [5, 5.41) is 11.4. The first-order chi connectivity index (χ1) is 15.1. The summed E-state index contributed by atoms with van der Waals surface area (Å²) in [5.41, 5.74) is 1.93. The van der Waals surface area contributed by atoms with Crippen LogP contribution in [0, 0.1) is 5.82 Å². The van der Waals surface area contributed by atoms with Crippen molar-refractivity contribution in [3.63, 3.8) is 0 Å². The number of aromatic nitrogens is 5. The average Bonchev–Trinajstić information content (AvgIpc) is 3.48. The molecule has 2 aromatic carbocycles. The molecule has 0 aliphatic heterocycles. The van der Waals surface area contributed by atoms with E-state index in [1.807, 2.05) is 24.3 Å². The molecule has 10 heteroatoms. The van der Waals surface area contributed by atoms with Crippen LogP contribution in [0.15, 0.2) is 72.7 Å². The number of amides is 1. The Morgan fingerprint density at radius 1 is 1.19 bits per heavy atom. The number of rotatable bonds is 8. The predicted molar refractivity (Wildman–Crippen MR) is 114 cm³/mol. The van der Waals surface area contributed by atoms with Gasteiger partial charge in [0.1, 0.15) is 17.9 Å². The first-order valence-electron chi connectivity index (χ1n) is 9.35. The molecule has 158 valence electrons. The van der Waals surface area contributed by atoms with E-state index in [1.165, 1.54) is 24.2 Å². The summed E-state index contributed by atoms with van der Waals surface area (Å²) in [6.45, 7) is 0.228. The monoisotopic (exact) mass is 438 g/mol. The lowest BCUT2D eigenvalue weighted by molar-refractivity contribution is -0.118. The van der Waals surface area contributed by atoms with Crippen molar-refractivity contribution >= 4 is 17.7 Å². The summed E-state index contributed by atoms with van der Waals surface area (Å²) in [6, 6.07) is 12.3.